The summed E-state index contributed by atoms with van der Waals surface area (Å²) in [6, 6.07) is 4.06. The fourth-order valence-electron chi connectivity index (χ4n) is 0.917. The molecule has 0 fully saturated rings. The number of aromatic carboxylic acids is 1. The number of benzene rings is 1. The van der Waals surface area contributed by atoms with E-state index in [1.54, 1.807) is 0 Å². The third-order valence-corrected chi connectivity index (χ3v) is 1.46. The molecule has 5 heteroatoms. The Morgan fingerprint density at radius 1 is 1.20 bits per heavy atom. The molecule has 1 aromatic carbocycles. The number of hydrogen-bond acceptors (Lipinski definition) is 1. The van der Waals surface area contributed by atoms with Crippen LogP contribution in [-0.2, 0) is 6.18 Å². The minimum atomic E-state index is -4.62. The third kappa shape index (κ3) is 3.46. The first kappa shape index (κ1) is 13.2. The number of carbonyl (C=O) groups is 1. The van der Waals surface area contributed by atoms with Crippen molar-refractivity contribution in [3.63, 3.8) is 0 Å². The quantitative estimate of drug-likeness (QED) is 0.735. The first-order valence-corrected chi connectivity index (χ1v) is 3.82. The minimum absolute atomic E-state index is 0.727. The summed E-state index contributed by atoms with van der Waals surface area (Å²) in [4.78, 5) is 10.4. The summed E-state index contributed by atoms with van der Waals surface area (Å²) in [6.07, 6.45) is -4.62. The van der Waals surface area contributed by atoms with Crippen LogP contribution in [0.4, 0.5) is 13.2 Å². The summed E-state index contributed by atoms with van der Waals surface area (Å²) in [7, 11) is 0. The number of halogens is 3. The number of carboxylic acids is 1. The van der Waals surface area contributed by atoms with Crippen LogP contribution in [0.15, 0.2) is 37.4 Å². The number of alkyl halides is 3. The van der Waals surface area contributed by atoms with E-state index in [4.69, 9.17) is 5.11 Å². The van der Waals surface area contributed by atoms with Crippen molar-refractivity contribution in [1.82, 2.24) is 0 Å². The first-order chi connectivity index (χ1) is 6.93. The van der Waals surface area contributed by atoms with E-state index in [0.29, 0.717) is 0 Å². The third-order valence-electron chi connectivity index (χ3n) is 1.46. The van der Waals surface area contributed by atoms with Gasteiger partial charge in [0.1, 0.15) is 0 Å². The number of hydrogen-bond donors (Lipinski definition) is 1. The van der Waals surface area contributed by atoms with Gasteiger partial charge < -0.3 is 5.11 Å². The van der Waals surface area contributed by atoms with E-state index in [-0.39, 0.29) is 0 Å². The standard InChI is InChI=1S/C8H5F3O2.C2H4/c9-8(10,11)6-4-2-1-3-5(6)7(12)13;1-2/h1-4H,(H,12,13);1-2H2. The lowest BCUT2D eigenvalue weighted by atomic mass is 10.1. The zero-order valence-corrected chi connectivity index (χ0v) is 7.71. The molecule has 1 rings (SSSR count). The van der Waals surface area contributed by atoms with Crippen molar-refractivity contribution in [2.24, 2.45) is 0 Å². The highest BCUT2D eigenvalue weighted by molar-refractivity contribution is 5.89. The van der Waals surface area contributed by atoms with Crippen molar-refractivity contribution in [3.8, 4) is 0 Å². The Bertz CT molecular complexity index is 345. The number of rotatable bonds is 1. The van der Waals surface area contributed by atoms with Gasteiger partial charge in [-0.2, -0.15) is 13.2 Å². The van der Waals surface area contributed by atoms with E-state index in [0.717, 1.165) is 18.2 Å². The smallest absolute Gasteiger partial charge is 0.417 e. The summed E-state index contributed by atoms with van der Waals surface area (Å²) in [5.74, 6) is -1.58. The van der Waals surface area contributed by atoms with Crippen LogP contribution in [0, 0.1) is 0 Å². The fraction of sp³-hybridized carbons (Fsp3) is 0.100. The van der Waals surface area contributed by atoms with Crippen LogP contribution >= 0.6 is 0 Å². The maximum atomic E-state index is 12.1. The van der Waals surface area contributed by atoms with Gasteiger partial charge >= 0.3 is 12.1 Å². The highest BCUT2D eigenvalue weighted by Gasteiger charge is 2.34. The van der Waals surface area contributed by atoms with Gasteiger partial charge in [-0.25, -0.2) is 4.79 Å². The normalized spacial score (nSPS) is 10.1. The van der Waals surface area contributed by atoms with E-state index < -0.39 is 23.3 Å². The lowest BCUT2D eigenvalue weighted by Crippen LogP contribution is -2.12. The van der Waals surface area contributed by atoms with Crippen molar-refractivity contribution < 1.29 is 23.1 Å². The Labute approximate surface area is 84.7 Å². The monoisotopic (exact) mass is 218 g/mol. The highest BCUT2D eigenvalue weighted by Crippen LogP contribution is 2.31. The maximum Gasteiger partial charge on any atom is 0.417 e. The predicted molar refractivity (Wildman–Crippen MR) is 49.7 cm³/mol. The molecule has 0 amide bonds. The SMILES string of the molecule is C=C.O=C(O)c1ccccc1C(F)(F)F. The van der Waals surface area contributed by atoms with Gasteiger partial charge in [0.05, 0.1) is 11.1 Å². The van der Waals surface area contributed by atoms with E-state index in [1.165, 1.54) is 6.07 Å². The van der Waals surface area contributed by atoms with Crippen molar-refractivity contribution in [2.75, 3.05) is 0 Å². The van der Waals surface area contributed by atoms with Crippen LogP contribution in [0.25, 0.3) is 0 Å². The molecule has 0 aliphatic carbocycles. The summed E-state index contributed by atoms with van der Waals surface area (Å²) in [5.41, 5.74) is -1.85. The molecule has 0 saturated heterocycles. The Morgan fingerprint density at radius 2 is 1.67 bits per heavy atom. The second-order valence-electron chi connectivity index (χ2n) is 2.35. The Balaban J connectivity index is 0.000000921. The summed E-state index contributed by atoms with van der Waals surface area (Å²) in [6.45, 7) is 6.00. The average molecular weight is 218 g/mol. The zero-order chi connectivity index (χ0) is 12.1. The molecular weight excluding hydrogens is 209 g/mol. The fourth-order valence-corrected chi connectivity index (χ4v) is 0.917. The molecule has 0 heterocycles. The van der Waals surface area contributed by atoms with Crippen molar-refractivity contribution in [2.45, 2.75) is 6.18 Å². The van der Waals surface area contributed by atoms with E-state index >= 15 is 0 Å². The predicted octanol–water partition coefficient (Wildman–Crippen LogP) is 3.21. The second-order valence-corrected chi connectivity index (χ2v) is 2.35. The molecule has 1 aromatic rings. The molecule has 0 atom stereocenters. The number of carboxylic acid groups (broad SMARTS) is 1. The average Bonchev–Trinajstić information content (AvgIpc) is 2.19. The van der Waals surface area contributed by atoms with Gasteiger partial charge in [-0.1, -0.05) is 12.1 Å². The lowest BCUT2D eigenvalue weighted by Gasteiger charge is -2.08. The first-order valence-electron chi connectivity index (χ1n) is 3.82. The molecule has 2 nitrogen and oxygen atoms in total. The van der Waals surface area contributed by atoms with Gasteiger partial charge in [0, 0.05) is 0 Å². The maximum absolute atomic E-state index is 12.1. The Kier molecular flexibility index (Phi) is 4.57. The molecule has 0 radical (unpaired) electrons. The van der Waals surface area contributed by atoms with Gasteiger partial charge in [-0.3, -0.25) is 0 Å². The van der Waals surface area contributed by atoms with Crippen LogP contribution in [0.3, 0.4) is 0 Å². The molecule has 0 aliphatic heterocycles. The molecule has 0 aliphatic rings. The van der Waals surface area contributed by atoms with Crippen LogP contribution in [0.2, 0.25) is 0 Å². The second kappa shape index (κ2) is 5.19. The van der Waals surface area contributed by atoms with Gasteiger partial charge in [-0.05, 0) is 12.1 Å². The van der Waals surface area contributed by atoms with Crippen LogP contribution < -0.4 is 0 Å². The molecule has 0 saturated carbocycles. The molecular formula is C10H9F3O2. The summed E-state index contributed by atoms with van der Waals surface area (Å²) >= 11 is 0. The molecule has 15 heavy (non-hydrogen) atoms. The molecule has 1 N–H and O–H groups in total. The highest BCUT2D eigenvalue weighted by atomic mass is 19.4. The van der Waals surface area contributed by atoms with E-state index in [1.807, 2.05) is 0 Å². The molecule has 0 aromatic heterocycles. The van der Waals surface area contributed by atoms with Gasteiger partial charge in [-0.15, -0.1) is 13.2 Å². The van der Waals surface area contributed by atoms with Crippen molar-refractivity contribution in [3.05, 3.63) is 48.6 Å². The van der Waals surface area contributed by atoms with Crippen LogP contribution in [0.5, 0.6) is 0 Å². The van der Waals surface area contributed by atoms with Crippen molar-refractivity contribution >= 4 is 5.97 Å². The van der Waals surface area contributed by atoms with Gasteiger partial charge in [0.15, 0.2) is 0 Å². The van der Waals surface area contributed by atoms with Gasteiger partial charge in [0.2, 0.25) is 0 Å². The Morgan fingerprint density at radius 3 is 2.00 bits per heavy atom. The molecule has 0 bridgehead atoms. The minimum Gasteiger partial charge on any atom is -0.478 e. The summed E-state index contributed by atoms with van der Waals surface area (Å²) < 4.78 is 36.4. The van der Waals surface area contributed by atoms with Crippen LogP contribution in [-0.4, -0.2) is 11.1 Å². The largest absolute Gasteiger partial charge is 0.478 e. The van der Waals surface area contributed by atoms with E-state index in [9.17, 15) is 18.0 Å². The van der Waals surface area contributed by atoms with E-state index in [2.05, 4.69) is 13.2 Å². The van der Waals surface area contributed by atoms with Gasteiger partial charge in [0.25, 0.3) is 0 Å². The molecule has 0 spiro atoms. The van der Waals surface area contributed by atoms with Crippen LogP contribution in [0.1, 0.15) is 15.9 Å². The molecule has 82 valence electrons. The van der Waals surface area contributed by atoms with Crippen molar-refractivity contribution in [1.29, 1.82) is 0 Å². The lowest BCUT2D eigenvalue weighted by molar-refractivity contribution is -0.138. The molecule has 0 unspecified atom stereocenters. The topological polar surface area (TPSA) is 37.3 Å². The summed E-state index contributed by atoms with van der Waals surface area (Å²) in [5, 5.41) is 8.43. The zero-order valence-electron chi connectivity index (χ0n) is 7.71. The Hall–Kier alpha value is -1.78.